The van der Waals surface area contributed by atoms with Gasteiger partial charge in [-0.15, -0.1) is 0 Å². The van der Waals surface area contributed by atoms with Crippen molar-refractivity contribution in [1.82, 2.24) is 9.62 Å². The van der Waals surface area contributed by atoms with E-state index in [-0.39, 0.29) is 24.3 Å². The molecule has 150 valence electrons. The summed E-state index contributed by atoms with van der Waals surface area (Å²) in [5.41, 5.74) is 1.000. The fraction of sp³-hybridized carbons (Fsp3) is 0.368. The third-order valence-corrected chi connectivity index (χ3v) is 6.54. The van der Waals surface area contributed by atoms with Crippen LogP contribution in [-0.2, 0) is 14.8 Å². The average molecular weight is 425 g/mol. The number of nitrogens with one attached hydrogen (secondary N) is 1. The second-order valence-electron chi connectivity index (χ2n) is 6.58. The Balaban J connectivity index is 1.53. The maximum absolute atomic E-state index is 12.8. The van der Waals surface area contributed by atoms with Crippen LogP contribution in [0.5, 0.6) is 11.5 Å². The molecule has 0 aliphatic carbocycles. The van der Waals surface area contributed by atoms with E-state index in [1.54, 1.807) is 6.07 Å². The quantitative estimate of drug-likeness (QED) is 0.767. The Morgan fingerprint density at radius 1 is 1.04 bits per heavy atom. The SMILES string of the molecule is O=S(=O)(NC[C@H](c1ccc(Cl)cc1)N1CCOCC1)c1ccc2c(c1)OCO2. The van der Waals surface area contributed by atoms with Crippen LogP contribution in [0.1, 0.15) is 11.6 Å². The predicted molar refractivity (Wildman–Crippen MR) is 104 cm³/mol. The summed E-state index contributed by atoms with van der Waals surface area (Å²) in [6.07, 6.45) is 0. The lowest BCUT2D eigenvalue weighted by atomic mass is 10.1. The second-order valence-corrected chi connectivity index (χ2v) is 8.79. The molecule has 0 radical (unpaired) electrons. The molecular formula is C19H21ClN2O5S. The Morgan fingerprint density at radius 3 is 2.50 bits per heavy atom. The van der Waals surface area contributed by atoms with Gasteiger partial charge in [-0.3, -0.25) is 4.90 Å². The molecule has 1 fully saturated rings. The first-order chi connectivity index (χ1) is 13.5. The highest BCUT2D eigenvalue weighted by atomic mass is 35.5. The standard InChI is InChI=1S/C19H21ClN2O5S/c20-15-3-1-14(2-4-15)17(22-7-9-25-10-8-22)12-21-28(23,24)16-5-6-18-19(11-16)27-13-26-18/h1-6,11,17,21H,7-10,12-13H2/t17-/m1/s1. The zero-order valence-corrected chi connectivity index (χ0v) is 16.7. The summed E-state index contributed by atoms with van der Waals surface area (Å²) in [4.78, 5) is 2.36. The number of benzene rings is 2. The molecule has 9 heteroatoms. The monoisotopic (exact) mass is 424 g/mol. The largest absolute Gasteiger partial charge is 0.454 e. The molecule has 2 aromatic carbocycles. The lowest BCUT2D eigenvalue weighted by Crippen LogP contribution is -2.43. The Labute approximate surface area is 169 Å². The average Bonchev–Trinajstić information content (AvgIpc) is 3.18. The van der Waals surface area contributed by atoms with E-state index >= 15 is 0 Å². The first kappa shape index (κ1) is 19.5. The van der Waals surface area contributed by atoms with Gasteiger partial charge < -0.3 is 14.2 Å². The highest BCUT2D eigenvalue weighted by molar-refractivity contribution is 7.89. The molecule has 0 saturated carbocycles. The fourth-order valence-electron chi connectivity index (χ4n) is 3.35. The van der Waals surface area contributed by atoms with Gasteiger partial charge in [0.05, 0.1) is 18.1 Å². The van der Waals surface area contributed by atoms with Crippen molar-refractivity contribution in [2.75, 3.05) is 39.6 Å². The zero-order chi connectivity index (χ0) is 19.6. The summed E-state index contributed by atoms with van der Waals surface area (Å²) >= 11 is 6.01. The van der Waals surface area contributed by atoms with E-state index in [2.05, 4.69) is 9.62 Å². The third kappa shape index (κ3) is 4.26. The van der Waals surface area contributed by atoms with E-state index in [1.807, 2.05) is 24.3 Å². The van der Waals surface area contributed by atoms with Crippen molar-refractivity contribution in [2.45, 2.75) is 10.9 Å². The molecule has 0 aromatic heterocycles. The Kier molecular flexibility index (Phi) is 5.75. The van der Waals surface area contributed by atoms with Gasteiger partial charge in [0.25, 0.3) is 0 Å². The summed E-state index contributed by atoms with van der Waals surface area (Å²) in [6, 6.07) is 12.0. The van der Waals surface area contributed by atoms with Gasteiger partial charge in [-0.05, 0) is 29.8 Å². The Hall–Kier alpha value is -1.84. The van der Waals surface area contributed by atoms with Crippen LogP contribution in [0.3, 0.4) is 0 Å². The molecule has 1 N–H and O–H groups in total. The van der Waals surface area contributed by atoms with Crippen molar-refractivity contribution in [1.29, 1.82) is 0 Å². The number of sulfonamides is 1. The van der Waals surface area contributed by atoms with E-state index in [4.69, 9.17) is 25.8 Å². The van der Waals surface area contributed by atoms with Gasteiger partial charge in [-0.1, -0.05) is 23.7 Å². The van der Waals surface area contributed by atoms with Crippen LogP contribution in [0.4, 0.5) is 0 Å². The summed E-state index contributed by atoms with van der Waals surface area (Å²) in [7, 11) is -3.70. The molecule has 0 amide bonds. The van der Waals surface area contributed by atoms with Crippen LogP contribution in [0.15, 0.2) is 47.4 Å². The van der Waals surface area contributed by atoms with Crippen LogP contribution in [-0.4, -0.2) is 53.0 Å². The molecule has 2 aliphatic heterocycles. The molecule has 0 bridgehead atoms. The summed E-state index contributed by atoms with van der Waals surface area (Å²) in [5.74, 6) is 0.983. The van der Waals surface area contributed by atoms with Crippen LogP contribution < -0.4 is 14.2 Å². The normalized spacial score (nSPS) is 18.2. The number of hydrogen-bond acceptors (Lipinski definition) is 6. The lowest BCUT2D eigenvalue weighted by molar-refractivity contribution is 0.0172. The molecule has 7 nitrogen and oxygen atoms in total. The zero-order valence-electron chi connectivity index (χ0n) is 15.1. The molecule has 4 rings (SSSR count). The molecule has 28 heavy (non-hydrogen) atoms. The van der Waals surface area contributed by atoms with Crippen molar-refractivity contribution in [3.05, 3.63) is 53.1 Å². The van der Waals surface area contributed by atoms with Gasteiger partial charge in [-0.25, -0.2) is 13.1 Å². The highest BCUT2D eigenvalue weighted by Gasteiger charge is 2.26. The predicted octanol–water partition coefficient (Wildman–Crippen LogP) is 2.42. The highest BCUT2D eigenvalue weighted by Crippen LogP contribution is 2.34. The number of ether oxygens (including phenoxy) is 3. The maximum atomic E-state index is 12.8. The minimum Gasteiger partial charge on any atom is -0.454 e. The molecule has 2 heterocycles. The van der Waals surface area contributed by atoms with Gasteiger partial charge in [0.15, 0.2) is 11.5 Å². The maximum Gasteiger partial charge on any atom is 0.240 e. The molecule has 0 spiro atoms. The molecule has 0 unspecified atom stereocenters. The van der Waals surface area contributed by atoms with Crippen molar-refractivity contribution in [2.24, 2.45) is 0 Å². The summed E-state index contributed by atoms with van der Waals surface area (Å²) in [6.45, 7) is 3.05. The topological polar surface area (TPSA) is 77.1 Å². The fourth-order valence-corrected chi connectivity index (χ4v) is 4.53. The van der Waals surface area contributed by atoms with E-state index in [0.29, 0.717) is 29.7 Å². The smallest absolute Gasteiger partial charge is 0.240 e. The third-order valence-electron chi connectivity index (χ3n) is 4.86. The molecule has 1 saturated heterocycles. The van der Waals surface area contributed by atoms with Gasteiger partial charge in [-0.2, -0.15) is 0 Å². The number of halogens is 1. The van der Waals surface area contributed by atoms with Crippen molar-refractivity contribution in [3.8, 4) is 11.5 Å². The minimum absolute atomic E-state index is 0.0991. The van der Waals surface area contributed by atoms with Crippen LogP contribution in [0.2, 0.25) is 5.02 Å². The van der Waals surface area contributed by atoms with E-state index < -0.39 is 10.0 Å². The van der Waals surface area contributed by atoms with E-state index in [0.717, 1.165) is 18.7 Å². The Bertz CT molecular complexity index is 930. The van der Waals surface area contributed by atoms with Gasteiger partial charge in [0, 0.05) is 36.8 Å². The van der Waals surface area contributed by atoms with E-state index in [9.17, 15) is 8.42 Å². The summed E-state index contributed by atoms with van der Waals surface area (Å²) in [5, 5.41) is 0.644. The number of nitrogens with zero attached hydrogens (tertiary/aromatic N) is 1. The van der Waals surface area contributed by atoms with Crippen LogP contribution in [0, 0.1) is 0 Å². The second kappa shape index (κ2) is 8.26. The molecule has 1 atom stereocenters. The van der Waals surface area contributed by atoms with E-state index in [1.165, 1.54) is 12.1 Å². The van der Waals surface area contributed by atoms with Crippen molar-refractivity contribution >= 4 is 21.6 Å². The lowest BCUT2D eigenvalue weighted by Gasteiger charge is -2.35. The van der Waals surface area contributed by atoms with Gasteiger partial charge >= 0.3 is 0 Å². The van der Waals surface area contributed by atoms with Gasteiger partial charge in [0.1, 0.15) is 0 Å². The molecule has 2 aliphatic rings. The number of rotatable bonds is 6. The number of morpholine rings is 1. The molecular weight excluding hydrogens is 404 g/mol. The van der Waals surface area contributed by atoms with Crippen LogP contribution >= 0.6 is 11.6 Å². The minimum atomic E-state index is -3.70. The first-order valence-corrected chi connectivity index (χ1v) is 10.9. The van der Waals surface area contributed by atoms with Crippen molar-refractivity contribution in [3.63, 3.8) is 0 Å². The number of fused-ring (bicyclic) bond motifs is 1. The first-order valence-electron chi connectivity index (χ1n) is 8.99. The van der Waals surface area contributed by atoms with Gasteiger partial charge in [0.2, 0.25) is 16.8 Å². The Morgan fingerprint density at radius 2 is 1.75 bits per heavy atom. The summed E-state index contributed by atoms with van der Waals surface area (Å²) < 4.78 is 44.4. The van der Waals surface area contributed by atoms with Crippen molar-refractivity contribution < 1.29 is 22.6 Å². The molecule has 2 aromatic rings. The van der Waals surface area contributed by atoms with Crippen LogP contribution in [0.25, 0.3) is 0 Å². The number of hydrogen-bond donors (Lipinski definition) is 1.